The molecule has 156 valence electrons. The van der Waals surface area contributed by atoms with Crippen LogP contribution in [-0.4, -0.2) is 47.2 Å². The molecule has 1 saturated heterocycles. The molecule has 0 aliphatic carbocycles. The lowest BCUT2D eigenvalue weighted by atomic mass is 9.96. The Morgan fingerprint density at radius 3 is 2.83 bits per heavy atom. The molecule has 1 aliphatic heterocycles. The summed E-state index contributed by atoms with van der Waals surface area (Å²) in [6, 6.07) is 8.58. The van der Waals surface area contributed by atoms with Crippen LogP contribution in [0.5, 0.6) is 0 Å². The predicted molar refractivity (Wildman–Crippen MR) is 118 cm³/mol. The first kappa shape index (κ1) is 21.8. The largest absolute Gasteiger partial charge is 0.461 e. The average molecular weight is 433 g/mol. The Balaban J connectivity index is 1.47. The topological polar surface area (TPSA) is 59.5 Å². The number of nitrogens with zero attached hydrogens (tertiary/aromatic N) is 2. The van der Waals surface area contributed by atoms with Crippen molar-refractivity contribution in [2.45, 2.75) is 49.8 Å². The Bertz CT molecular complexity index is 820. The molecule has 2 aromatic rings. The standard InChI is InChI=1S/C22H28N2O3S2/c1-3-5-6-16-7-9-17(10-8-16)18-11-12-24(20(18)25)13-14-28-22-23-19(15-29-22)21(26)27-4-2/h7-10,15,18H,3-6,11-14H2,1-2H3. The quantitative estimate of drug-likeness (QED) is 0.400. The molecule has 1 aliphatic rings. The lowest BCUT2D eigenvalue weighted by molar-refractivity contribution is -0.128. The minimum Gasteiger partial charge on any atom is -0.461 e. The van der Waals surface area contributed by atoms with Gasteiger partial charge in [-0.05, 0) is 37.3 Å². The maximum absolute atomic E-state index is 12.8. The van der Waals surface area contributed by atoms with E-state index in [0.29, 0.717) is 18.8 Å². The fraction of sp³-hybridized carbons (Fsp3) is 0.500. The van der Waals surface area contributed by atoms with Gasteiger partial charge in [0.1, 0.15) is 0 Å². The summed E-state index contributed by atoms with van der Waals surface area (Å²) < 4.78 is 5.80. The summed E-state index contributed by atoms with van der Waals surface area (Å²) in [6.45, 7) is 5.82. The summed E-state index contributed by atoms with van der Waals surface area (Å²) >= 11 is 3.02. The van der Waals surface area contributed by atoms with E-state index in [1.807, 2.05) is 4.90 Å². The van der Waals surface area contributed by atoms with Crippen molar-refractivity contribution in [2.24, 2.45) is 0 Å². The van der Waals surface area contributed by atoms with Gasteiger partial charge >= 0.3 is 5.97 Å². The van der Waals surface area contributed by atoms with Crippen molar-refractivity contribution < 1.29 is 14.3 Å². The van der Waals surface area contributed by atoms with Crippen LogP contribution in [0, 0.1) is 0 Å². The first-order chi connectivity index (χ1) is 14.1. The zero-order chi connectivity index (χ0) is 20.6. The number of thiazole rings is 1. The molecule has 3 rings (SSSR count). The van der Waals surface area contributed by atoms with Crippen LogP contribution in [0.2, 0.25) is 0 Å². The molecule has 1 unspecified atom stereocenters. The van der Waals surface area contributed by atoms with Crippen LogP contribution in [0.4, 0.5) is 0 Å². The van der Waals surface area contributed by atoms with Gasteiger partial charge in [0.25, 0.3) is 0 Å². The zero-order valence-electron chi connectivity index (χ0n) is 17.1. The molecule has 1 atom stereocenters. The van der Waals surface area contributed by atoms with E-state index in [4.69, 9.17) is 4.74 Å². The number of carbonyl (C=O) groups excluding carboxylic acids is 2. The summed E-state index contributed by atoms with van der Waals surface area (Å²) in [5, 5.41) is 1.72. The molecule has 1 aromatic heterocycles. The Morgan fingerprint density at radius 2 is 2.10 bits per heavy atom. The van der Waals surface area contributed by atoms with Crippen molar-refractivity contribution in [3.05, 3.63) is 46.5 Å². The number of esters is 1. The third-order valence-electron chi connectivity index (χ3n) is 5.05. The second kappa shape index (κ2) is 10.8. The van der Waals surface area contributed by atoms with Crippen LogP contribution in [0.15, 0.2) is 34.0 Å². The number of hydrogen-bond donors (Lipinski definition) is 0. The van der Waals surface area contributed by atoms with E-state index in [2.05, 4.69) is 36.2 Å². The van der Waals surface area contributed by atoms with E-state index in [9.17, 15) is 9.59 Å². The fourth-order valence-electron chi connectivity index (χ4n) is 3.43. The molecular weight excluding hydrogens is 404 g/mol. The van der Waals surface area contributed by atoms with Gasteiger partial charge in [0.15, 0.2) is 10.0 Å². The molecule has 1 fully saturated rings. The molecule has 0 bridgehead atoms. The number of ether oxygens (including phenoxy) is 1. The number of thioether (sulfide) groups is 1. The maximum Gasteiger partial charge on any atom is 0.357 e. The lowest BCUT2D eigenvalue weighted by Gasteiger charge is -2.16. The van der Waals surface area contributed by atoms with Crippen LogP contribution in [0.25, 0.3) is 0 Å². The monoisotopic (exact) mass is 432 g/mol. The number of aryl methyl sites for hydroxylation is 1. The SMILES string of the molecule is CCCCc1ccc(C2CCN(CCSc3nc(C(=O)OCC)cs3)C2=O)cc1. The Kier molecular flexibility index (Phi) is 8.12. The average Bonchev–Trinajstić information content (AvgIpc) is 3.35. The van der Waals surface area contributed by atoms with Crippen molar-refractivity contribution in [1.29, 1.82) is 0 Å². The molecule has 0 N–H and O–H groups in total. The summed E-state index contributed by atoms with van der Waals surface area (Å²) in [4.78, 5) is 30.8. The summed E-state index contributed by atoms with van der Waals surface area (Å²) in [7, 11) is 0. The molecule has 1 aromatic carbocycles. The van der Waals surface area contributed by atoms with E-state index in [1.165, 1.54) is 29.7 Å². The van der Waals surface area contributed by atoms with Crippen LogP contribution in [-0.2, 0) is 16.0 Å². The number of amides is 1. The first-order valence-corrected chi connectivity index (χ1v) is 12.1. The zero-order valence-corrected chi connectivity index (χ0v) is 18.7. The number of aromatic nitrogens is 1. The number of benzene rings is 1. The molecular formula is C22H28N2O3S2. The third kappa shape index (κ3) is 5.82. The second-order valence-corrected chi connectivity index (χ2v) is 9.28. The van der Waals surface area contributed by atoms with Gasteiger partial charge in [-0.2, -0.15) is 0 Å². The lowest BCUT2D eigenvalue weighted by Crippen LogP contribution is -2.29. The van der Waals surface area contributed by atoms with E-state index in [-0.39, 0.29) is 17.8 Å². The second-order valence-electron chi connectivity index (χ2n) is 7.08. The van der Waals surface area contributed by atoms with Crippen LogP contribution < -0.4 is 0 Å². The highest BCUT2D eigenvalue weighted by Gasteiger charge is 2.32. The highest BCUT2D eigenvalue weighted by atomic mass is 32.2. The molecule has 2 heterocycles. The summed E-state index contributed by atoms with van der Waals surface area (Å²) in [5.74, 6) is 0.590. The molecule has 0 spiro atoms. The van der Waals surface area contributed by atoms with Crippen LogP contribution in [0.3, 0.4) is 0 Å². The van der Waals surface area contributed by atoms with Gasteiger partial charge < -0.3 is 9.64 Å². The van der Waals surface area contributed by atoms with Gasteiger partial charge in [0, 0.05) is 24.2 Å². The van der Waals surface area contributed by atoms with E-state index < -0.39 is 0 Å². The molecule has 0 radical (unpaired) electrons. The first-order valence-electron chi connectivity index (χ1n) is 10.3. The Morgan fingerprint density at radius 1 is 1.31 bits per heavy atom. The van der Waals surface area contributed by atoms with Crippen LogP contribution in [0.1, 0.15) is 60.6 Å². The van der Waals surface area contributed by atoms with E-state index in [1.54, 1.807) is 24.1 Å². The van der Waals surface area contributed by atoms with Crippen molar-refractivity contribution >= 4 is 35.0 Å². The summed E-state index contributed by atoms with van der Waals surface area (Å²) in [5.41, 5.74) is 2.84. The number of carbonyl (C=O) groups is 2. The highest BCUT2D eigenvalue weighted by molar-refractivity contribution is 8.01. The van der Waals surface area contributed by atoms with Gasteiger partial charge in [-0.3, -0.25) is 4.79 Å². The summed E-state index contributed by atoms with van der Waals surface area (Å²) in [6.07, 6.45) is 4.38. The number of hydrogen-bond acceptors (Lipinski definition) is 6. The molecule has 7 heteroatoms. The number of rotatable bonds is 10. The minimum atomic E-state index is -0.381. The third-order valence-corrected chi connectivity index (χ3v) is 7.05. The highest BCUT2D eigenvalue weighted by Crippen LogP contribution is 2.30. The normalized spacial score (nSPS) is 16.4. The van der Waals surface area contributed by atoms with Crippen molar-refractivity contribution in [2.75, 3.05) is 25.4 Å². The van der Waals surface area contributed by atoms with Crippen molar-refractivity contribution in [3.63, 3.8) is 0 Å². The van der Waals surface area contributed by atoms with Crippen LogP contribution >= 0.6 is 23.1 Å². The van der Waals surface area contributed by atoms with E-state index in [0.717, 1.165) is 35.0 Å². The van der Waals surface area contributed by atoms with Gasteiger partial charge in [-0.15, -0.1) is 11.3 Å². The van der Waals surface area contributed by atoms with Gasteiger partial charge in [-0.1, -0.05) is 49.4 Å². The van der Waals surface area contributed by atoms with Crippen molar-refractivity contribution in [1.82, 2.24) is 9.88 Å². The van der Waals surface area contributed by atoms with E-state index >= 15 is 0 Å². The fourth-order valence-corrected chi connectivity index (χ4v) is 5.26. The van der Waals surface area contributed by atoms with Gasteiger partial charge in [0.2, 0.25) is 5.91 Å². The molecule has 5 nitrogen and oxygen atoms in total. The molecule has 1 amide bonds. The molecule has 0 saturated carbocycles. The Labute approximate surface area is 180 Å². The van der Waals surface area contributed by atoms with Gasteiger partial charge in [-0.25, -0.2) is 9.78 Å². The smallest absolute Gasteiger partial charge is 0.357 e. The Hall–Kier alpha value is -1.86. The number of likely N-dealkylation sites (tertiary alicyclic amines) is 1. The van der Waals surface area contributed by atoms with Crippen molar-refractivity contribution in [3.8, 4) is 0 Å². The van der Waals surface area contributed by atoms with Gasteiger partial charge in [0.05, 0.1) is 12.5 Å². The maximum atomic E-state index is 12.8. The minimum absolute atomic E-state index is 0.0181. The number of unbranched alkanes of at least 4 members (excludes halogenated alkanes) is 1. The molecule has 29 heavy (non-hydrogen) atoms. The predicted octanol–water partition coefficient (Wildman–Crippen LogP) is 4.77.